The molecule has 0 fully saturated rings. The van der Waals surface area contributed by atoms with Crippen LogP contribution in [0.4, 0.5) is 0 Å². The number of rotatable bonds is 4. The van der Waals surface area contributed by atoms with Crippen LogP contribution in [0.1, 0.15) is 15.9 Å². The summed E-state index contributed by atoms with van der Waals surface area (Å²) in [4.78, 5) is 11.5. The van der Waals surface area contributed by atoms with E-state index in [2.05, 4.69) is 41.5 Å². The Morgan fingerprint density at radius 3 is 2.42 bits per heavy atom. The highest BCUT2D eigenvalue weighted by molar-refractivity contribution is 5.97. The summed E-state index contributed by atoms with van der Waals surface area (Å²) in [7, 11) is 0. The Balaban J connectivity index is 1.56. The molecule has 1 heterocycles. The van der Waals surface area contributed by atoms with Crippen LogP contribution >= 0.6 is 0 Å². The smallest absolute Gasteiger partial charge is 0.274 e. The van der Waals surface area contributed by atoms with Crippen LogP contribution in [-0.2, 0) is 6.54 Å². The van der Waals surface area contributed by atoms with E-state index in [0.29, 0.717) is 17.6 Å². The lowest BCUT2D eigenvalue weighted by atomic mass is 10.0. The number of nitrogens with one attached hydrogen (secondary N) is 1. The number of nitrogens with zero attached hydrogens (tertiary/aromatic N) is 2. The average molecular weight is 343 g/mol. The van der Waals surface area contributed by atoms with Crippen LogP contribution in [-0.4, -0.2) is 20.9 Å². The Bertz CT molecular complexity index is 1050. The second-order valence-electron chi connectivity index (χ2n) is 6.10. The van der Waals surface area contributed by atoms with E-state index < -0.39 is 5.91 Å². The van der Waals surface area contributed by atoms with Crippen molar-refractivity contribution in [3.05, 3.63) is 90.1 Å². The molecule has 128 valence electrons. The molecule has 0 spiro atoms. The largest absolute Gasteiger partial charge is 0.288 e. The molecule has 0 bridgehead atoms. The standard InChI is InChI=1S/C21H17N3O2/c25-21(23-26)18-10-11-19-14-24(22-20(19)12-18)13-15-6-8-17(9-7-15)16-4-2-1-3-5-16/h1-12,14,26H,13H2,(H,23,25). The van der Waals surface area contributed by atoms with Crippen molar-refractivity contribution in [1.29, 1.82) is 0 Å². The van der Waals surface area contributed by atoms with Crippen LogP contribution in [0.15, 0.2) is 79.0 Å². The second kappa shape index (κ2) is 6.82. The van der Waals surface area contributed by atoms with Gasteiger partial charge in [-0.2, -0.15) is 5.10 Å². The highest BCUT2D eigenvalue weighted by Gasteiger charge is 2.08. The lowest BCUT2D eigenvalue weighted by molar-refractivity contribution is 0.0706. The monoisotopic (exact) mass is 343 g/mol. The lowest BCUT2D eigenvalue weighted by Crippen LogP contribution is -2.18. The van der Waals surface area contributed by atoms with E-state index in [0.717, 1.165) is 10.9 Å². The molecule has 0 aliphatic heterocycles. The summed E-state index contributed by atoms with van der Waals surface area (Å²) in [5.41, 5.74) is 6.24. The Morgan fingerprint density at radius 1 is 0.962 bits per heavy atom. The zero-order valence-corrected chi connectivity index (χ0v) is 14.0. The molecule has 3 aromatic carbocycles. The van der Waals surface area contributed by atoms with Gasteiger partial charge in [-0.1, -0.05) is 60.7 Å². The minimum atomic E-state index is -0.544. The van der Waals surface area contributed by atoms with Gasteiger partial charge in [0.1, 0.15) is 0 Å². The number of hydrogen-bond donors (Lipinski definition) is 2. The third-order valence-corrected chi connectivity index (χ3v) is 4.32. The lowest BCUT2D eigenvalue weighted by Gasteiger charge is -2.05. The van der Waals surface area contributed by atoms with E-state index in [4.69, 9.17) is 5.21 Å². The van der Waals surface area contributed by atoms with E-state index in [1.165, 1.54) is 11.1 Å². The highest BCUT2D eigenvalue weighted by atomic mass is 16.5. The third kappa shape index (κ3) is 3.20. The van der Waals surface area contributed by atoms with Gasteiger partial charge in [0.15, 0.2) is 0 Å². The quantitative estimate of drug-likeness (QED) is 0.437. The molecule has 5 nitrogen and oxygen atoms in total. The van der Waals surface area contributed by atoms with Crippen molar-refractivity contribution in [3.8, 4) is 11.1 Å². The van der Waals surface area contributed by atoms with Gasteiger partial charge in [0, 0.05) is 17.1 Å². The summed E-state index contributed by atoms with van der Waals surface area (Å²) < 4.78 is 1.85. The van der Waals surface area contributed by atoms with Crippen molar-refractivity contribution < 1.29 is 10.0 Å². The molecule has 2 N–H and O–H groups in total. The zero-order valence-electron chi connectivity index (χ0n) is 14.0. The van der Waals surface area contributed by atoms with Crippen molar-refractivity contribution in [3.63, 3.8) is 0 Å². The van der Waals surface area contributed by atoms with Crippen LogP contribution in [0.5, 0.6) is 0 Å². The number of hydrogen-bond acceptors (Lipinski definition) is 3. The van der Waals surface area contributed by atoms with Crippen LogP contribution in [0.2, 0.25) is 0 Å². The number of carbonyl (C=O) groups is 1. The molecule has 4 aromatic rings. The van der Waals surface area contributed by atoms with Crippen LogP contribution in [0.25, 0.3) is 22.0 Å². The fourth-order valence-corrected chi connectivity index (χ4v) is 2.97. The van der Waals surface area contributed by atoms with Gasteiger partial charge in [0.25, 0.3) is 5.91 Å². The summed E-state index contributed by atoms with van der Waals surface area (Å²) in [5, 5.41) is 14.2. The number of amides is 1. The van der Waals surface area contributed by atoms with E-state index in [-0.39, 0.29) is 0 Å². The Kier molecular flexibility index (Phi) is 4.21. The van der Waals surface area contributed by atoms with Gasteiger partial charge in [-0.3, -0.25) is 14.7 Å². The molecule has 0 atom stereocenters. The van der Waals surface area contributed by atoms with Crippen molar-refractivity contribution in [2.24, 2.45) is 0 Å². The molecule has 0 saturated carbocycles. The maximum absolute atomic E-state index is 11.5. The van der Waals surface area contributed by atoms with E-state index in [1.54, 1.807) is 17.6 Å². The first-order chi connectivity index (χ1) is 12.7. The van der Waals surface area contributed by atoms with E-state index in [1.807, 2.05) is 35.1 Å². The molecular formula is C21H17N3O2. The normalized spacial score (nSPS) is 10.8. The maximum atomic E-state index is 11.5. The van der Waals surface area contributed by atoms with Gasteiger partial charge >= 0.3 is 0 Å². The molecule has 0 unspecified atom stereocenters. The van der Waals surface area contributed by atoms with Crippen molar-refractivity contribution in [2.45, 2.75) is 6.54 Å². The molecular weight excluding hydrogens is 326 g/mol. The minimum absolute atomic E-state index is 0.373. The zero-order chi connectivity index (χ0) is 17.9. The molecule has 5 heteroatoms. The second-order valence-corrected chi connectivity index (χ2v) is 6.10. The first kappa shape index (κ1) is 16.1. The van der Waals surface area contributed by atoms with Gasteiger partial charge in [-0.05, 0) is 28.8 Å². The number of benzene rings is 3. The Morgan fingerprint density at radius 2 is 1.69 bits per heavy atom. The molecule has 4 rings (SSSR count). The molecule has 0 aliphatic rings. The van der Waals surface area contributed by atoms with Gasteiger partial charge < -0.3 is 0 Å². The third-order valence-electron chi connectivity index (χ3n) is 4.32. The first-order valence-electron chi connectivity index (χ1n) is 8.29. The number of hydroxylamine groups is 1. The van der Waals surface area contributed by atoms with Crippen molar-refractivity contribution in [2.75, 3.05) is 0 Å². The summed E-state index contributed by atoms with van der Waals surface area (Å²) >= 11 is 0. The molecule has 0 aliphatic carbocycles. The molecule has 1 aromatic heterocycles. The number of carbonyl (C=O) groups excluding carboxylic acids is 1. The highest BCUT2D eigenvalue weighted by Crippen LogP contribution is 2.20. The van der Waals surface area contributed by atoms with Gasteiger partial charge in [-0.25, -0.2) is 5.48 Å². The summed E-state index contributed by atoms with van der Waals surface area (Å²) in [6, 6.07) is 23.8. The minimum Gasteiger partial charge on any atom is -0.288 e. The Labute approximate surface area is 150 Å². The molecule has 1 amide bonds. The van der Waals surface area contributed by atoms with Gasteiger partial charge in [0.2, 0.25) is 0 Å². The molecule has 0 saturated heterocycles. The van der Waals surface area contributed by atoms with E-state index >= 15 is 0 Å². The SMILES string of the molecule is O=C(NO)c1ccc2cn(Cc3ccc(-c4ccccc4)cc3)nc2c1. The predicted octanol–water partition coefficient (Wildman–Crippen LogP) is 3.87. The summed E-state index contributed by atoms with van der Waals surface area (Å²) in [6.45, 7) is 0.644. The maximum Gasteiger partial charge on any atom is 0.274 e. The predicted molar refractivity (Wildman–Crippen MR) is 100.0 cm³/mol. The molecule has 0 radical (unpaired) electrons. The Hall–Kier alpha value is -3.44. The number of fused-ring (bicyclic) bond motifs is 1. The average Bonchev–Trinajstić information content (AvgIpc) is 3.10. The van der Waals surface area contributed by atoms with Crippen LogP contribution < -0.4 is 5.48 Å². The van der Waals surface area contributed by atoms with Gasteiger partial charge in [0.05, 0.1) is 12.1 Å². The molecule has 26 heavy (non-hydrogen) atoms. The fraction of sp³-hybridized carbons (Fsp3) is 0.0476. The first-order valence-corrected chi connectivity index (χ1v) is 8.29. The van der Waals surface area contributed by atoms with Crippen LogP contribution in [0.3, 0.4) is 0 Å². The number of aromatic nitrogens is 2. The summed E-state index contributed by atoms with van der Waals surface area (Å²) in [6.07, 6.45) is 1.95. The van der Waals surface area contributed by atoms with Crippen molar-refractivity contribution in [1.82, 2.24) is 15.3 Å². The topological polar surface area (TPSA) is 67.2 Å². The van der Waals surface area contributed by atoms with Gasteiger partial charge in [-0.15, -0.1) is 0 Å². The fourth-order valence-electron chi connectivity index (χ4n) is 2.97. The summed E-state index contributed by atoms with van der Waals surface area (Å²) in [5.74, 6) is -0.544. The van der Waals surface area contributed by atoms with Crippen molar-refractivity contribution >= 4 is 16.8 Å². The van der Waals surface area contributed by atoms with Crippen LogP contribution in [0, 0.1) is 0 Å². The van der Waals surface area contributed by atoms with E-state index in [9.17, 15) is 4.79 Å².